The molecule has 1 fully saturated rings. The predicted octanol–water partition coefficient (Wildman–Crippen LogP) is 3.34. The van der Waals surface area contributed by atoms with E-state index in [2.05, 4.69) is 34.2 Å². The van der Waals surface area contributed by atoms with Gasteiger partial charge in [-0.2, -0.15) is 0 Å². The van der Waals surface area contributed by atoms with Gasteiger partial charge in [0.25, 0.3) is 0 Å². The number of piperazine rings is 1. The van der Waals surface area contributed by atoms with E-state index in [1.807, 2.05) is 31.2 Å². The molecule has 0 atom stereocenters. The molecule has 0 aromatic heterocycles. The summed E-state index contributed by atoms with van der Waals surface area (Å²) in [5, 5.41) is 3.03. The minimum atomic E-state index is -0.0797. The van der Waals surface area contributed by atoms with Crippen molar-refractivity contribution in [2.24, 2.45) is 0 Å². The lowest BCUT2D eigenvalue weighted by molar-refractivity contribution is -0.115. The summed E-state index contributed by atoms with van der Waals surface area (Å²) < 4.78 is 10.6. The van der Waals surface area contributed by atoms with Gasteiger partial charge in [0.15, 0.2) is 0 Å². The van der Waals surface area contributed by atoms with Gasteiger partial charge in [0.05, 0.1) is 20.6 Å². The molecule has 0 unspecified atom stereocenters. The summed E-state index contributed by atoms with van der Waals surface area (Å²) in [4.78, 5) is 17.5. The van der Waals surface area contributed by atoms with Gasteiger partial charge in [0, 0.05) is 43.1 Å². The fraction of sp³-hybridized carbons (Fsp3) is 0.435. The van der Waals surface area contributed by atoms with Crippen LogP contribution in [0.1, 0.15) is 18.1 Å². The Kier molecular flexibility index (Phi) is 6.99. The summed E-state index contributed by atoms with van der Waals surface area (Å²) in [6.07, 6.45) is 0.223. The summed E-state index contributed by atoms with van der Waals surface area (Å²) in [5.74, 6) is 1.31. The van der Waals surface area contributed by atoms with Gasteiger partial charge in [-0.3, -0.25) is 4.79 Å². The smallest absolute Gasteiger partial charge is 0.228 e. The highest BCUT2D eigenvalue weighted by Gasteiger charge is 2.17. The Hall–Kier alpha value is -2.73. The second-order valence-electron chi connectivity index (χ2n) is 7.32. The molecule has 1 aliphatic rings. The minimum absolute atomic E-state index is 0.0797. The van der Waals surface area contributed by atoms with Gasteiger partial charge in [-0.1, -0.05) is 6.92 Å². The van der Waals surface area contributed by atoms with E-state index in [0.29, 0.717) is 11.5 Å². The van der Waals surface area contributed by atoms with E-state index in [1.165, 1.54) is 5.69 Å². The van der Waals surface area contributed by atoms with Crippen LogP contribution in [0.25, 0.3) is 0 Å². The van der Waals surface area contributed by atoms with E-state index in [0.717, 1.165) is 49.5 Å². The molecular formula is C23H31N3O3. The number of likely N-dealkylation sites (N-methyl/N-ethyl adjacent to an activating group) is 1. The zero-order valence-electron chi connectivity index (χ0n) is 17.8. The highest BCUT2D eigenvalue weighted by Crippen LogP contribution is 2.26. The van der Waals surface area contributed by atoms with Crippen molar-refractivity contribution in [3.8, 4) is 11.5 Å². The zero-order valence-corrected chi connectivity index (χ0v) is 17.8. The number of carbonyl (C=O) groups excluding carboxylic acids is 1. The van der Waals surface area contributed by atoms with Crippen LogP contribution in [-0.4, -0.2) is 57.8 Å². The molecule has 29 heavy (non-hydrogen) atoms. The zero-order chi connectivity index (χ0) is 20.8. The van der Waals surface area contributed by atoms with E-state index >= 15 is 0 Å². The third-order valence-corrected chi connectivity index (χ3v) is 5.51. The molecule has 6 heteroatoms. The molecule has 1 N–H and O–H groups in total. The first-order valence-electron chi connectivity index (χ1n) is 10.1. The second-order valence-corrected chi connectivity index (χ2v) is 7.32. The van der Waals surface area contributed by atoms with Gasteiger partial charge in [-0.15, -0.1) is 0 Å². The van der Waals surface area contributed by atoms with Crippen LogP contribution in [0.3, 0.4) is 0 Å². The monoisotopic (exact) mass is 397 g/mol. The lowest BCUT2D eigenvalue weighted by Gasteiger charge is -2.35. The number of methoxy groups -OCH3 is 2. The first-order chi connectivity index (χ1) is 14.0. The Morgan fingerprint density at radius 1 is 1.03 bits per heavy atom. The first kappa shape index (κ1) is 21.0. The Morgan fingerprint density at radius 3 is 2.41 bits per heavy atom. The van der Waals surface area contributed by atoms with E-state index in [-0.39, 0.29) is 12.3 Å². The second kappa shape index (κ2) is 9.65. The quantitative estimate of drug-likeness (QED) is 0.777. The van der Waals surface area contributed by atoms with Gasteiger partial charge in [0.1, 0.15) is 11.5 Å². The van der Waals surface area contributed by atoms with Crippen molar-refractivity contribution >= 4 is 17.3 Å². The van der Waals surface area contributed by atoms with E-state index in [4.69, 9.17) is 9.47 Å². The number of nitrogens with one attached hydrogen (secondary N) is 1. The molecule has 2 aromatic carbocycles. The minimum Gasteiger partial charge on any atom is -0.497 e. The fourth-order valence-electron chi connectivity index (χ4n) is 3.69. The molecule has 0 saturated carbocycles. The molecular weight excluding hydrogens is 366 g/mol. The number of nitrogens with zero attached hydrogens (tertiary/aromatic N) is 2. The molecule has 1 heterocycles. The van der Waals surface area contributed by atoms with Crippen LogP contribution in [0.15, 0.2) is 36.4 Å². The molecule has 6 nitrogen and oxygen atoms in total. The lowest BCUT2D eigenvalue weighted by atomic mass is 10.1. The van der Waals surface area contributed by atoms with Crippen LogP contribution in [0.5, 0.6) is 11.5 Å². The average molecular weight is 398 g/mol. The number of aryl methyl sites for hydroxylation is 1. The van der Waals surface area contributed by atoms with Crippen LogP contribution in [0.4, 0.5) is 11.4 Å². The molecule has 2 aromatic rings. The Morgan fingerprint density at radius 2 is 1.79 bits per heavy atom. The highest BCUT2D eigenvalue weighted by atomic mass is 16.5. The van der Waals surface area contributed by atoms with Gasteiger partial charge in [0.2, 0.25) is 5.91 Å². The summed E-state index contributed by atoms with van der Waals surface area (Å²) in [6, 6.07) is 11.7. The molecule has 3 rings (SSSR count). The molecule has 0 bridgehead atoms. The molecule has 0 radical (unpaired) electrons. The van der Waals surface area contributed by atoms with Crippen molar-refractivity contribution in [1.29, 1.82) is 0 Å². The normalized spacial score (nSPS) is 14.6. The van der Waals surface area contributed by atoms with Crippen LogP contribution >= 0.6 is 0 Å². The first-order valence-corrected chi connectivity index (χ1v) is 10.1. The molecule has 1 aliphatic heterocycles. The van der Waals surface area contributed by atoms with Crippen molar-refractivity contribution in [2.45, 2.75) is 20.3 Å². The third kappa shape index (κ3) is 5.21. The number of amides is 1. The number of hydrogen-bond acceptors (Lipinski definition) is 5. The van der Waals surface area contributed by atoms with Crippen molar-refractivity contribution < 1.29 is 14.3 Å². The van der Waals surface area contributed by atoms with Crippen LogP contribution in [-0.2, 0) is 11.2 Å². The summed E-state index contributed by atoms with van der Waals surface area (Å²) in [6.45, 7) is 9.61. The molecule has 1 amide bonds. The fourth-order valence-corrected chi connectivity index (χ4v) is 3.69. The van der Waals surface area contributed by atoms with E-state index in [9.17, 15) is 4.79 Å². The Bertz CT molecular complexity index is 845. The molecule has 156 valence electrons. The maximum absolute atomic E-state index is 12.6. The van der Waals surface area contributed by atoms with E-state index in [1.54, 1.807) is 14.2 Å². The largest absolute Gasteiger partial charge is 0.497 e. The molecule has 0 aliphatic carbocycles. The van der Waals surface area contributed by atoms with Crippen LogP contribution in [0, 0.1) is 6.92 Å². The topological polar surface area (TPSA) is 54.0 Å². The highest BCUT2D eigenvalue weighted by molar-refractivity contribution is 5.93. The van der Waals surface area contributed by atoms with Gasteiger partial charge >= 0.3 is 0 Å². The van der Waals surface area contributed by atoms with Crippen molar-refractivity contribution in [3.05, 3.63) is 47.5 Å². The number of carbonyl (C=O) groups is 1. The standard InChI is InChI=1S/C23H31N3O3/c1-5-25-10-12-26(13-11-25)19-6-8-21(17(2)14-19)24-23(27)16-18-15-20(28-3)7-9-22(18)29-4/h6-9,14-15H,5,10-13,16H2,1-4H3,(H,24,27). The maximum Gasteiger partial charge on any atom is 0.228 e. The Balaban J connectivity index is 1.65. The lowest BCUT2D eigenvalue weighted by Crippen LogP contribution is -2.46. The van der Waals surface area contributed by atoms with Gasteiger partial charge in [-0.05, 0) is 55.4 Å². The number of anilines is 2. The van der Waals surface area contributed by atoms with Gasteiger partial charge < -0.3 is 24.6 Å². The van der Waals surface area contributed by atoms with Crippen molar-refractivity contribution in [2.75, 3.05) is 57.2 Å². The summed E-state index contributed by atoms with van der Waals surface area (Å²) in [5.41, 5.74) is 3.91. The number of ether oxygens (including phenoxy) is 2. The molecule has 1 saturated heterocycles. The summed E-state index contributed by atoms with van der Waals surface area (Å²) in [7, 11) is 3.21. The average Bonchev–Trinajstić information content (AvgIpc) is 2.75. The number of hydrogen-bond donors (Lipinski definition) is 1. The maximum atomic E-state index is 12.6. The number of benzene rings is 2. The third-order valence-electron chi connectivity index (χ3n) is 5.51. The molecule has 0 spiro atoms. The van der Waals surface area contributed by atoms with Crippen LogP contribution in [0.2, 0.25) is 0 Å². The SMILES string of the molecule is CCN1CCN(c2ccc(NC(=O)Cc3cc(OC)ccc3OC)c(C)c2)CC1. The van der Waals surface area contributed by atoms with Crippen molar-refractivity contribution in [3.63, 3.8) is 0 Å². The van der Waals surface area contributed by atoms with Crippen molar-refractivity contribution in [1.82, 2.24) is 4.90 Å². The number of rotatable bonds is 7. The van der Waals surface area contributed by atoms with E-state index < -0.39 is 0 Å². The summed E-state index contributed by atoms with van der Waals surface area (Å²) >= 11 is 0. The predicted molar refractivity (Wildman–Crippen MR) is 117 cm³/mol. The van der Waals surface area contributed by atoms with Crippen LogP contribution < -0.4 is 19.7 Å². The van der Waals surface area contributed by atoms with Gasteiger partial charge in [-0.25, -0.2) is 0 Å². The Labute approximate surface area is 173 Å².